The van der Waals surface area contributed by atoms with Crippen molar-refractivity contribution in [3.05, 3.63) is 41.3 Å². The minimum absolute atomic E-state index is 0.101. The van der Waals surface area contributed by atoms with Crippen molar-refractivity contribution in [3.8, 4) is 0 Å². The molecule has 1 atom stereocenters. The van der Waals surface area contributed by atoms with Gasteiger partial charge in [0, 0.05) is 18.8 Å². The second kappa shape index (κ2) is 5.18. The molecule has 2 rings (SSSR count). The van der Waals surface area contributed by atoms with Crippen LogP contribution < -0.4 is 5.32 Å². The Morgan fingerprint density at radius 2 is 2.44 bits per heavy atom. The molecule has 16 heavy (non-hydrogen) atoms. The highest BCUT2D eigenvalue weighted by Crippen LogP contribution is 2.22. The molecule has 0 amide bonds. The first-order valence-corrected chi connectivity index (χ1v) is 5.64. The van der Waals surface area contributed by atoms with Gasteiger partial charge in [-0.1, -0.05) is 6.92 Å². The zero-order valence-electron chi connectivity index (χ0n) is 9.03. The van der Waals surface area contributed by atoms with Crippen LogP contribution in [-0.2, 0) is 6.42 Å². The molecule has 0 aromatic carbocycles. The van der Waals surface area contributed by atoms with Gasteiger partial charge in [-0.05, 0) is 30.3 Å². The van der Waals surface area contributed by atoms with E-state index in [1.165, 1.54) is 0 Å². The third-order valence-corrected chi connectivity index (χ3v) is 2.54. The van der Waals surface area contributed by atoms with Crippen LogP contribution in [-0.4, -0.2) is 16.5 Å². The first-order chi connectivity index (χ1) is 7.79. The van der Waals surface area contributed by atoms with Crippen LogP contribution in [0.4, 0.5) is 0 Å². The van der Waals surface area contributed by atoms with Gasteiger partial charge < -0.3 is 14.7 Å². The number of rotatable bonds is 5. The van der Waals surface area contributed by atoms with Crippen molar-refractivity contribution in [2.24, 2.45) is 0 Å². The lowest BCUT2D eigenvalue weighted by Crippen LogP contribution is -2.22. The Balaban J connectivity index is 2.11. The lowest BCUT2D eigenvalue weighted by atomic mass is 10.1. The summed E-state index contributed by atoms with van der Waals surface area (Å²) in [6.07, 6.45) is 4.31. The summed E-state index contributed by atoms with van der Waals surface area (Å²) < 4.78 is 5.41. The van der Waals surface area contributed by atoms with Crippen molar-refractivity contribution in [1.82, 2.24) is 15.3 Å². The van der Waals surface area contributed by atoms with Gasteiger partial charge in [0.25, 0.3) is 0 Å². The van der Waals surface area contributed by atoms with Gasteiger partial charge in [0.1, 0.15) is 11.6 Å². The van der Waals surface area contributed by atoms with E-state index in [0.29, 0.717) is 5.22 Å². The molecule has 0 fully saturated rings. The van der Waals surface area contributed by atoms with Crippen LogP contribution >= 0.6 is 11.6 Å². The molecule has 4 nitrogen and oxygen atoms in total. The molecule has 0 spiro atoms. The number of furan rings is 1. The Morgan fingerprint density at radius 3 is 3.00 bits per heavy atom. The molecule has 2 aromatic heterocycles. The summed E-state index contributed by atoms with van der Waals surface area (Å²) in [5.41, 5.74) is 0. The van der Waals surface area contributed by atoms with Crippen LogP contribution in [0.3, 0.4) is 0 Å². The molecule has 2 N–H and O–H groups in total. The van der Waals surface area contributed by atoms with Crippen molar-refractivity contribution in [2.45, 2.75) is 19.4 Å². The van der Waals surface area contributed by atoms with E-state index in [9.17, 15) is 0 Å². The Labute approximate surface area is 99.0 Å². The number of imidazole rings is 1. The summed E-state index contributed by atoms with van der Waals surface area (Å²) in [7, 11) is 0. The van der Waals surface area contributed by atoms with Crippen LogP contribution in [0.25, 0.3) is 0 Å². The molecule has 2 heterocycles. The molecule has 0 radical (unpaired) electrons. The maximum absolute atomic E-state index is 5.77. The van der Waals surface area contributed by atoms with Crippen LogP contribution in [0.2, 0.25) is 5.22 Å². The van der Waals surface area contributed by atoms with Crippen molar-refractivity contribution in [2.75, 3.05) is 6.54 Å². The number of hydrogen-bond acceptors (Lipinski definition) is 3. The topological polar surface area (TPSA) is 53.9 Å². The lowest BCUT2D eigenvalue weighted by Gasteiger charge is -2.13. The summed E-state index contributed by atoms with van der Waals surface area (Å²) in [6, 6.07) is 3.74. The molecular formula is C11H14ClN3O. The second-order valence-electron chi connectivity index (χ2n) is 3.49. The van der Waals surface area contributed by atoms with Gasteiger partial charge in [0.2, 0.25) is 0 Å². The van der Waals surface area contributed by atoms with E-state index >= 15 is 0 Å². The van der Waals surface area contributed by atoms with Crippen molar-refractivity contribution in [1.29, 1.82) is 0 Å². The summed E-state index contributed by atoms with van der Waals surface area (Å²) in [4.78, 5) is 7.28. The van der Waals surface area contributed by atoms with E-state index in [0.717, 1.165) is 24.6 Å². The highest BCUT2D eigenvalue weighted by molar-refractivity contribution is 6.28. The van der Waals surface area contributed by atoms with Crippen molar-refractivity contribution < 1.29 is 4.42 Å². The largest absolute Gasteiger partial charge is 0.448 e. The van der Waals surface area contributed by atoms with E-state index in [-0.39, 0.29) is 6.04 Å². The maximum atomic E-state index is 5.77. The molecule has 0 aliphatic carbocycles. The third-order valence-electron chi connectivity index (χ3n) is 2.34. The number of hydrogen-bond donors (Lipinski definition) is 2. The smallest absolute Gasteiger partial charge is 0.193 e. The van der Waals surface area contributed by atoms with E-state index in [2.05, 4.69) is 22.2 Å². The molecule has 5 heteroatoms. The SMILES string of the molecule is CCNC(Cc1ncc[nH]1)c1ccc(Cl)o1. The Bertz CT molecular complexity index is 424. The van der Waals surface area contributed by atoms with Crippen LogP contribution in [0.15, 0.2) is 28.9 Å². The number of nitrogens with one attached hydrogen (secondary N) is 2. The highest BCUT2D eigenvalue weighted by Gasteiger charge is 2.16. The van der Waals surface area contributed by atoms with Gasteiger partial charge in [-0.15, -0.1) is 0 Å². The number of likely N-dealkylation sites (N-methyl/N-ethyl adjacent to an activating group) is 1. The summed E-state index contributed by atoms with van der Waals surface area (Å²) in [5, 5.41) is 3.75. The first kappa shape index (κ1) is 11.2. The van der Waals surface area contributed by atoms with E-state index in [4.69, 9.17) is 16.0 Å². The summed E-state index contributed by atoms with van der Waals surface area (Å²) >= 11 is 5.77. The number of aromatic nitrogens is 2. The molecular weight excluding hydrogens is 226 g/mol. The standard InChI is InChI=1S/C11H14ClN3O/c1-2-13-8(7-11-14-5-6-15-11)9-3-4-10(12)16-9/h3-6,8,13H,2,7H2,1H3,(H,14,15). The van der Waals surface area contributed by atoms with Gasteiger partial charge in [0.05, 0.1) is 6.04 Å². The van der Waals surface area contributed by atoms with Crippen molar-refractivity contribution in [3.63, 3.8) is 0 Å². The minimum Gasteiger partial charge on any atom is -0.448 e. The quantitative estimate of drug-likeness (QED) is 0.843. The molecule has 1 unspecified atom stereocenters. The molecule has 0 saturated heterocycles. The van der Waals surface area contributed by atoms with E-state index in [1.54, 1.807) is 12.3 Å². The highest BCUT2D eigenvalue weighted by atomic mass is 35.5. The molecule has 0 aliphatic heterocycles. The summed E-state index contributed by atoms with van der Waals surface area (Å²) in [6.45, 7) is 2.92. The number of nitrogens with zero attached hydrogens (tertiary/aromatic N) is 1. The van der Waals surface area contributed by atoms with Crippen molar-refractivity contribution >= 4 is 11.6 Å². The van der Waals surface area contributed by atoms with E-state index < -0.39 is 0 Å². The molecule has 0 saturated carbocycles. The fourth-order valence-corrected chi connectivity index (χ4v) is 1.79. The lowest BCUT2D eigenvalue weighted by molar-refractivity contribution is 0.413. The second-order valence-corrected chi connectivity index (χ2v) is 3.86. The molecule has 2 aromatic rings. The zero-order valence-corrected chi connectivity index (χ0v) is 9.79. The van der Waals surface area contributed by atoms with Gasteiger partial charge in [-0.3, -0.25) is 0 Å². The van der Waals surface area contributed by atoms with Gasteiger partial charge in [-0.25, -0.2) is 4.98 Å². The first-order valence-electron chi connectivity index (χ1n) is 5.26. The van der Waals surface area contributed by atoms with Crippen LogP contribution in [0.1, 0.15) is 24.6 Å². The monoisotopic (exact) mass is 239 g/mol. The predicted molar refractivity (Wildman–Crippen MR) is 62.4 cm³/mol. The number of aromatic amines is 1. The molecule has 86 valence electrons. The Kier molecular flexibility index (Phi) is 3.64. The zero-order chi connectivity index (χ0) is 11.4. The number of halogens is 1. The number of H-pyrrole nitrogens is 1. The minimum atomic E-state index is 0.101. The van der Waals surface area contributed by atoms with Gasteiger partial charge >= 0.3 is 0 Å². The average Bonchev–Trinajstić information content (AvgIpc) is 2.88. The summed E-state index contributed by atoms with van der Waals surface area (Å²) in [5.74, 6) is 1.77. The Morgan fingerprint density at radius 1 is 1.56 bits per heavy atom. The maximum Gasteiger partial charge on any atom is 0.193 e. The third kappa shape index (κ3) is 2.65. The molecule has 0 aliphatic rings. The fraction of sp³-hybridized carbons (Fsp3) is 0.364. The normalized spacial score (nSPS) is 12.9. The fourth-order valence-electron chi connectivity index (χ4n) is 1.64. The van der Waals surface area contributed by atoms with Crippen LogP contribution in [0.5, 0.6) is 0 Å². The average molecular weight is 240 g/mol. The predicted octanol–water partition coefficient (Wildman–Crippen LogP) is 2.55. The Hall–Kier alpha value is -1.26. The molecule has 0 bridgehead atoms. The van der Waals surface area contributed by atoms with E-state index in [1.807, 2.05) is 12.3 Å². The van der Waals surface area contributed by atoms with Gasteiger partial charge in [0.15, 0.2) is 5.22 Å². The van der Waals surface area contributed by atoms with Gasteiger partial charge in [-0.2, -0.15) is 0 Å². The van der Waals surface area contributed by atoms with Crippen LogP contribution in [0, 0.1) is 0 Å².